The quantitative estimate of drug-likeness (QED) is 0.850. The predicted molar refractivity (Wildman–Crippen MR) is 66.1 cm³/mol. The van der Waals surface area contributed by atoms with Crippen molar-refractivity contribution in [3.05, 3.63) is 29.6 Å². The minimum absolute atomic E-state index is 0.664. The summed E-state index contributed by atoms with van der Waals surface area (Å²) in [5, 5.41) is 4.34. The van der Waals surface area contributed by atoms with Crippen molar-refractivity contribution in [3.63, 3.8) is 0 Å². The van der Waals surface area contributed by atoms with Gasteiger partial charge in [0.2, 0.25) is 0 Å². The van der Waals surface area contributed by atoms with Crippen molar-refractivity contribution >= 4 is 11.8 Å². The minimum atomic E-state index is 0.664. The van der Waals surface area contributed by atoms with Gasteiger partial charge < -0.3 is 5.32 Å². The van der Waals surface area contributed by atoms with Crippen LogP contribution in [0.4, 0.5) is 0 Å². The second kappa shape index (κ2) is 4.99. The van der Waals surface area contributed by atoms with Gasteiger partial charge in [0.05, 0.1) is 5.69 Å². The molecule has 0 amide bonds. The summed E-state index contributed by atoms with van der Waals surface area (Å²) in [6.45, 7) is 5.24. The van der Waals surface area contributed by atoms with Crippen molar-refractivity contribution < 1.29 is 0 Å². The van der Waals surface area contributed by atoms with Crippen LogP contribution in [0.15, 0.2) is 18.2 Å². The SMILES string of the molecule is Cc1cccc(CNC2CCSC2C)n1. The van der Waals surface area contributed by atoms with E-state index in [2.05, 4.69) is 41.1 Å². The summed E-state index contributed by atoms with van der Waals surface area (Å²) in [6, 6.07) is 6.87. The largest absolute Gasteiger partial charge is 0.307 e. The van der Waals surface area contributed by atoms with E-state index in [1.807, 2.05) is 13.0 Å². The fraction of sp³-hybridized carbons (Fsp3) is 0.583. The molecule has 0 spiro atoms. The molecule has 1 fully saturated rings. The van der Waals surface area contributed by atoms with Crippen LogP contribution < -0.4 is 5.32 Å². The lowest BCUT2D eigenvalue weighted by atomic mass is 10.1. The zero-order valence-electron chi connectivity index (χ0n) is 9.36. The van der Waals surface area contributed by atoms with Crippen LogP contribution in [-0.2, 0) is 6.54 Å². The summed E-state index contributed by atoms with van der Waals surface area (Å²) in [5.74, 6) is 1.29. The van der Waals surface area contributed by atoms with Crippen molar-refractivity contribution in [1.29, 1.82) is 0 Å². The molecular formula is C12H18N2S. The highest BCUT2D eigenvalue weighted by Gasteiger charge is 2.22. The number of nitrogens with one attached hydrogen (secondary N) is 1. The van der Waals surface area contributed by atoms with Gasteiger partial charge in [-0.15, -0.1) is 0 Å². The summed E-state index contributed by atoms with van der Waals surface area (Å²) in [4.78, 5) is 4.49. The first-order valence-corrected chi connectivity index (χ1v) is 6.58. The molecule has 2 nitrogen and oxygen atoms in total. The zero-order valence-corrected chi connectivity index (χ0v) is 10.2. The molecule has 0 aromatic carbocycles. The molecule has 1 saturated heterocycles. The van der Waals surface area contributed by atoms with Crippen LogP contribution in [0, 0.1) is 6.92 Å². The maximum absolute atomic E-state index is 4.49. The fourth-order valence-electron chi connectivity index (χ4n) is 1.93. The number of thioether (sulfide) groups is 1. The molecule has 82 valence electrons. The number of hydrogen-bond acceptors (Lipinski definition) is 3. The Kier molecular flexibility index (Phi) is 3.65. The first-order chi connectivity index (χ1) is 7.25. The van der Waals surface area contributed by atoms with E-state index in [0.717, 1.165) is 23.2 Å². The molecule has 15 heavy (non-hydrogen) atoms. The molecule has 1 aliphatic rings. The van der Waals surface area contributed by atoms with Crippen molar-refractivity contribution in [3.8, 4) is 0 Å². The Balaban J connectivity index is 1.87. The van der Waals surface area contributed by atoms with Gasteiger partial charge in [0, 0.05) is 23.5 Å². The van der Waals surface area contributed by atoms with E-state index in [4.69, 9.17) is 0 Å². The Morgan fingerprint density at radius 1 is 1.53 bits per heavy atom. The molecule has 0 saturated carbocycles. The number of aryl methyl sites for hydroxylation is 1. The van der Waals surface area contributed by atoms with Crippen LogP contribution in [0.5, 0.6) is 0 Å². The smallest absolute Gasteiger partial charge is 0.0544 e. The number of aromatic nitrogens is 1. The Morgan fingerprint density at radius 2 is 2.40 bits per heavy atom. The molecule has 2 unspecified atom stereocenters. The van der Waals surface area contributed by atoms with Crippen LogP contribution in [-0.4, -0.2) is 22.0 Å². The topological polar surface area (TPSA) is 24.9 Å². The van der Waals surface area contributed by atoms with Gasteiger partial charge in [-0.2, -0.15) is 11.8 Å². The molecule has 0 bridgehead atoms. The molecule has 1 aromatic rings. The van der Waals surface area contributed by atoms with Crippen molar-refractivity contribution in [2.24, 2.45) is 0 Å². The zero-order chi connectivity index (χ0) is 10.7. The third-order valence-corrected chi connectivity index (χ3v) is 4.19. The Morgan fingerprint density at radius 3 is 3.07 bits per heavy atom. The van der Waals surface area contributed by atoms with Gasteiger partial charge in [0.25, 0.3) is 0 Å². The third kappa shape index (κ3) is 2.95. The first kappa shape index (κ1) is 11.0. The van der Waals surface area contributed by atoms with Crippen LogP contribution in [0.1, 0.15) is 24.7 Å². The number of rotatable bonds is 3. The molecular weight excluding hydrogens is 204 g/mol. The monoisotopic (exact) mass is 222 g/mol. The predicted octanol–water partition coefficient (Wildman–Crippen LogP) is 2.37. The van der Waals surface area contributed by atoms with Crippen molar-refractivity contribution in [1.82, 2.24) is 10.3 Å². The molecule has 0 aliphatic carbocycles. The van der Waals surface area contributed by atoms with E-state index in [1.54, 1.807) is 0 Å². The molecule has 1 aliphatic heterocycles. The fourth-order valence-corrected chi connectivity index (χ4v) is 3.16. The van der Waals surface area contributed by atoms with Crippen LogP contribution in [0.25, 0.3) is 0 Å². The van der Waals surface area contributed by atoms with Gasteiger partial charge in [-0.05, 0) is 31.2 Å². The second-order valence-corrected chi connectivity index (χ2v) is 5.61. The van der Waals surface area contributed by atoms with Gasteiger partial charge in [0.15, 0.2) is 0 Å². The van der Waals surface area contributed by atoms with Gasteiger partial charge in [0.1, 0.15) is 0 Å². The van der Waals surface area contributed by atoms with Crippen LogP contribution in [0.2, 0.25) is 0 Å². The molecule has 2 atom stereocenters. The molecule has 0 radical (unpaired) electrons. The number of hydrogen-bond donors (Lipinski definition) is 1. The van der Waals surface area contributed by atoms with E-state index in [-0.39, 0.29) is 0 Å². The molecule has 1 aromatic heterocycles. The summed E-state index contributed by atoms with van der Waals surface area (Å²) in [6.07, 6.45) is 1.29. The minimum Gasteiger partial charge on any atom is -0.307 e. The lowest BCUT2D eigenvalue weighted by molar-refractivity contribution is 0.508. The lowest BCUT2D eigenvalue weighted by Gasteiger charge is -2.16. The average molecular weight is 222 g/mol. The van der Waals surface area contributed by atoms with Crippen molar-refractivity contribution in [2.75, 3.05) is 5.75 Å². The number of pyridine rings is 1. The Labute approximate surface area is 95.9 Å². The first-order valence-electron chi connectivity index (χ1n) is 5.53. The molecule has 2 heterocycles. The van der Waals surface area contributed by atoms with E-state index in [0.29, 0.717) is 6.04 Å². The molecule has 3 heteroatoms. The highest BCUT2D eigenvalue weighted by atomic mass is 32.2. The maximum Gasteiger partial charge on any atom is 0.0544 e. The van der Waals surface area contributed by atoms with Crippen LogP contribution >= 0.6 is 11.8 Å². The maximum atomic E-state index is 4.49. The summed E-state index contributed by atoms with van der Waals surface area (Å²) in [5.41, 5.74) is 2.25. The Bertz CT molecular complexity index is 327. The van der Waals surface area contributed by atoms with Crippen molar-refractivity contribution in [2.45, 2.75) is 38.1 Å². The molecule has 2 rings (SSSR count). The molecule has 1 N–H and O–H groups in total. The second-order valence-electron chi connectivity index (χ2n) is 4.12. The Hall–Kier alpha value is -0.540. The van der Waals surface area contributed by atoms with Gasteiger partial charge >= 0.3 is 0 Å². The number of nitrogens with zero attached hydrogens (tertiary/aromatic N) is 1. The summed E-state index contributed by atoms with van der Waals surface area (Å²) < 4.78 is 0. The average Bonchev–Trinajstić information content (AvgIpc) is 2.61. The van der Waals surface area contributed by atoms with E-state index in [9.17, 15) is 0 Å². The van der Waals surface area contributed by atoms with E-state index in [1.165, 1.54) is 12.2 Å². The lowest BCUT2D eigenvalue weighted by Crippen LogP contribution is -2.33. The van der Waals surface area contributed by atoms with Gasteiger partial charge in [-0.25, -0.2) is 0 Å². The highest BCUT2D eigenvalue weighted by molar-refractivity contribution is 8.00. The standard InChI is InChI=1S/C12H18N2S/c1-9-4-3-5-11(14-9)8-13-12-6-7-15-10(12)2/h3-5,10,12-13H,6-8H2,1-2H3. The van der Waals surface area contributed by atoms with Crippen LogP contribution in [0.3, 0.4) is 0 Å². The summed E-state index contributed by atoms with van der Waals surface area (Å²) in [7, 11) is 0. The third-order valence-electron chi connectivity index (χ3n) is 2.87. The van der Waals surface area contributed by atoms with E-state index >= 15 is 0 Å². The highest BCUT2D eigenvalue weighted by Crippen LogP contribution is 2.26. The van der Waals surface area contributed by atoms with E-state index < -0.39 is 0 Å². The van der Waals surface area contributed by atoms with Gasteiger partial charge in [-0.1, -0.05) is 13.0 Å². The summed E-state index contributed by atoms with van der Waals surface area (Å²) >= 11 is 2.06. The van der Waals surface area contributed by atoms with Gasteiger partial charge in [-0.3, -0.25) is 4.98 Å². The normalized spacial score (nSPS) is 25.7.